The van der Waals surface area contributed by atoms with Gasteiger partial charge >= 0.3 is 0 Å². The van der Waals surface area contributed by atoms with Crippen LogP contribution in [0.25, 0.3) is 0 Å². The first-order chi connectivity index (χ1) is 9.43. The molecule has 1 aromatic rings. The van der Waals surface area contributed by atoms with E-state index < -0.39 is 0 Å². The first-order valence-corrected chi connectivity index (χ1v) is 7.76. The van der Waals surface area contributed by atoms with E-state index in [-0.39, 0.29) is 37.2 Å². The summed E-state index contributed by atoms with van der Waals surface area (Å²) in [5.41, 5.74) is 0.744. The summed E-state index contributed by atoms with van der Waals surface area (Å²) in [6, 6.07) is 1.93. The topological polar surface area (TPSA) is 66.4 Å². The SMILES string of the molecule is Cc1cc(C(=O)CCC(=O)NC(C)CCCO)c(C)s1. The number of nitrogens with one attached hydrogen (secondary N) is 1. The van der Waals surface area contributed by atoms with E-state index in [0.29, 0.717) is 6.42 Å². The largest absolute Gasteiger partial charge is 0.396 e. The Hall–Kier alpha value is -1.20. The molecule has 1 aromatic heterocycles. The van der Waals surface area contributed by atoms with E-state index in [1.165, 1.54) is 0 Å². The lowest BCUT2D eigenvalue weighted by Gasteiger charge is -2.12. The van der Waals surface area contributed by atoms with E-state index in [2.05, 4.69) is 5.32 Å². The van der Waals surface area contributed by atoms with Gasteiger partial charge in [0, 0.05) is 40.8 Å². The van der Waals surface area contributed by atoms with Gasteiger partial charge in [0.05, 0.1) is 0 Å². The fourth-order valence-electron chi connectivity index (χ4n) is 2.09. The normalized spacial score (nSPS) is 12.2. The molecule has 0 aliphatic carbocycles. The first-order valence-electron chi connectivity index (χ1n) is 6.94. The van der Waals surface area contributed by atoms with Crippen molar-refractivity contribution in [3.63, 3.8) is 0 Å². The molecule has 4 nitrogen and oxygen atoms in total. The fraction of sp³-hybridized carbons (Fsp3) is 0.600. The number of amides is 1. The Bertz CT molecular complexity index is 468. The Morgan fingerprint density at radius 2 is 2.05 bits per heavy atom. The van der Waals surface area contributed by atoms with Crippen LogP contribution in [0.1, 0.15) is 52.7 Å². The molecule has 2 N–H and O–H groups in total. The van der Waals surface area contributed by atoms with E-state index >= 15 is 0 Å². The van der Waals surface area contributed by atoms with Crippen LogP contribution in [0.4, 0.5) is 0 Å². The molecule has 0 saturated carbocycles. The Kier molecular flexibility index (Phi) is 6.88. The summed E-state index contributed by atoms with van der Waals surface area (Å²) in [5, 5.41) is 11.6. The van der Waals surface area contributed by atoms with Crippen LogP contribution in [0.3, 0.4) is 0 Å². The van der Waals surface area contributed by atoms with Crippen molar-refractivity contribution in [1.29, 1.82) is 0 Å². The zero-order chi connectivity index (χ0) is 15.1. The second kappa shape index (κ2) is 8.17. The van der Waals surface area contributed by atoms with Gasteiger partial charge in [0.2, 0.25) is 5.91 Å². The van der Waals surface area contributed by atoms with Crippen molar-refractivity contribution in [1.82, 2.24) is 5.32 Å². The second-order valence-corrected chi connectivity index (χ2v) is 6.54. The summed E-state index contributed by atoms with van der Waals surface area (Å²) >= 11 is 1.61. The van der Waals surface area contributed by atoms with Crippen molar-refractivity contribution in [2.24, 2.45) is 0 Å². The standard InChI is InChI=1S/C15H23NO3S/c1-10(5-4-8-17)16-15(19)7-6-14(18)13-9-11(2)20-12(13)3/h9-10,17H,4-8H2,1-3H3,(H,16,19). The molecular weight excluding hydrogens is 274 g/mol. The molecule has 1 amide bonds. The summed E-state index contributed by atoms with van der Waals surface area (Å²) in [6.45, 7) is 5.95. The summed E-state index contributed by atoms with van der Waals surface area (Å²) in [4.78, 5) is 25.9. The van der Waals surface area contributed by atoms with Gasteiger partial charge < -0.3 is 10.4 Å². The molecule has 1 rings (SSSR count). The quantitative estimate of drug-likeness (QED) is 0.725. The van der Waals surface area contributed by atoms with Gasteiger partial charge in [0.1, 0.15) is 0 Å². The van der Waals surface area contributed by atoms with Crippen LogP contribution in [-0.4, -0.2) is 29.4 Å². The van der Waals surface area contributed by atoms with Gasteiger partial charge in [-0.25, -0.2) is 0 Å². The molecule has 1 atom stereocenters. The number of Topliss-reactive ketones (excluding diaryl/α,β-unsaturated/α-hetero) is 1. The summed E-state index contributed by atoms with van der Waals surface area (Å²) in [5.74, 6) is -0.0709. The molecule has 112 valence electrons. The maximum atomic E-state index is 12.0. The molecule has 0 saturated heterocycles. The highest BCUT2D eigenvalue weighted by Crippen LogP contribution is 2.22. The van der Waals surface area contributed by atoms with Gasteiger partial charge in [-0.3, -0.25) is 9.59 Å². The lowest BCUT2D eigenvalue weighted by molar-refractivity contribution is -0.121. The second-order valence-electron chi connectivity index (χ2n) is 5.08. The molecule has 0 aliphatic rings. The van der Waals surface area contributed by atoms with E-state index in [1.54, 1.807) is 11.3 Å². The van der Waals surface area contributed by atoms with Gasteiger partial charge in [0.25, 0.3) is 0 Å². The van der Waals surface area contributed by atoms with Gasteiger partial charge in [-0.15, -0.1) is 11.3 Å². The maximum absolute atomic E-state index is 12.0. The van der Waals surface area contributed by atoms with Crippen molar-refractivity contribution in [3.05, 3.63) is 21.4 Å². The lowest BCUT2D eigenvalue weighted by Crippen LogP contribution is -2.32. The summed E-state index contributed by atoms with van der Waals surface area (Å²) < 4.78 is 0. The van der Waals surface area contributed by atoms with Crippen LogP contribution in [0, 0.1) is 13.8 Å². The number of rotatable bonds is 8. The van der Waals surface area contributed by atoms with Crippen LogP contribution < -0.4 is 5.32 Å². The average Bonchev–Trinajstić information content (AvgIpc) is 2.72. The van der Waals surface area contributed by atoms with Crippen molar-refractivity contribution >= 4 is 23.0 Å². The van der Waals surface area contributed by atoms with E-state index in [9.17, 15) is 9.59 Å². The number of thiophene rings is 1. The number of aliphatic hydroxyl groups excluding tert-OH is 1. The minimum atomic E-state index is -0.103. The zero-order valence-corrected chi connectivity index (χ0v) is 13.2. The number of aryl methyl sites for hydroxylation is 2. The smallest absolute Gasteiger partial charge is 0.220 e. The van der Waals surface area contributed by atoms with Crippen LogP contribution >= 0.6 is 11.3 Å². The lowest BCUT2D eigenvalue weighted by atomic mass is 10.1. The zero-order valence-electron chi connectivity index (χ0n) is 12.4. The molecule has 0 radical (unpaired) electrons. The van der Waals surface area contributed by atoms with Crippen LogP contribution in [0.5, 0.6) is 0 Å². The third-order valence-corrected chi connectivity index (χ3v) is 4.09. The minimum Gasteiger partial charge on any atom is -0.396 e. The van der Waals surface area contributed by atoms with Crippen molar-refractivity contribution in [3.8, 4) is 0 Å². The fourth-order valence-corrected chi connectivity index (χ4v) is 3.03. The maximum Gasteiger partial charge on any atom is 0.220 e. The first kappa shape index (κ1) is 16.9. The predicted octanol–water partition coefficient (Wildman–Crippen LogP) is 2.61. The predicted molar refractivity (Wildman–Crippen MR) is 81.3 cm³/mol. The molecule has 0 aromatic carbocycles. The monoisotopic (exact) mass is 297 g/mol. The van der Waals surface area contributed by atoms with Crippen LogP contribution in [0.15, 0.2) is 6.07 Å². The third kappa shape index (κ3) is 5.43. The van der Waals surface area contributed by atoms with Crippen LogP contribution in [-0.2, 0) is 4.79 Å². The molecule has 0 bridgehead atoms. The molecular formula is C15H23NO3S. The number of hydrogen-bond acceptors (Lipinski definition) is 4. The number of carbonyl (C=O) groups is 2. The van der Waals surface area contributed by atoms with Gasteiger partial charge in [-0.05, 0) is 39.7 Å². The summed E-state index contributed by atoms with van der Waals surface area (Å²) in [7, 11) is 0. The average molecular weight is 297 g/mol. The van der Waals surface area contributed by atoms with Gasteiger partial charge in [0.15, 0.2) is 5.78 Å². The molecule has 0 aliphatic heterocycles. The summed E-state index contributed by atoms with van der Waals surface area (Å²) in [6.07, 6.45) is 1.89. The van der Waals surface area contributed by atoms with Gasteiger partial charge in [-0.2, -0.15) is 0 Å². The molecule has 0 spiro atoms. The number of ketones is 1. The Balaban J connectivity index is 2.37. The third-order valence-electron chi connectivity index (χ3n) is 3.12. The highest BCUT2D eigenvalue weighted by atomic mass is 32.1. The Morgan fingerprint density at radius 1 is 1.35 bits per heavy atom. The minimum absolute atomic E-state index is 0.0324. The molecule has 5 heteroatoms. The highest BCUT2D eigenvalue weighted by molar-refractivity contribution is 7.12. The Morgan fingerprint density at radius 3 is 2.60 bits per heavy atom. The Labute approximate surface area is 124 Å². The number of hydrogen-bond donors (Lipinski definition) is 2. The molecule has 20 heavy (non-hydrogen) atoms. The molecule has 1 unspecified atom stereocenters. The highest BCUT2D eigenvalue weighted by Gasteiger charge is 2.14. The van der Waals surface area contributed by atoms with Gasteiger partial charge in [-0.1, -0.05) is 0 Å². The molecule has 1 heterocycles. The van der Waals surface area contributed by atoms with Crippen molar-refractivity contribution in [2.75, 3.05) is 6.61 Å². The van der Waals surface area contributed by atoms with E-state index in [0.717, 1.165) is 21.7 Å². The van der Waals surface area contributed by atoms with Crippen molar-refractivity contribution < 1.29 is 14.7 Å². The molecule has 0 fully saturated rings. The number of carbonyl (C=O) groups excluding carboxylic acids is 2. The van der Waals surface area contributed by atoms with E-state index in [1.807, 2.05) is 26.8 Å². The van der Waals surface area contributed by atoms with E-state index in [4.69, 9.17) is 5.11 Å². The van der Waals surface area contributed by atoms with Crippen LogP contribution in [0.2, 0.25) is 0 Å². The van der Waals surface area contributed by atoms with Crippen molar-refractivity contribution in [2.45, 2.75) is 52.5 Å². The number of aliphatic hydroxyl groups is 1.